The van der Waals surface area contributed by atoms with Crippen LogP contribution in [0, 0.1) is 11.6 Å². The van der Waals surface area contributed by atoms with Crippen LogP contribution in [-0.4, -0.2) is 5.11 Å². The van der Waals surface area contributed by atoms with Crippen LogP contribution < -0.4 is 5.73 Å². The first-order valence-electron chi connectivity index (χ1n) is 5.11. The summed E-state index contributed by atoms with van der Waals surface area (Å²) < 4.78 is 27.2. The predicted molar refractivity (Wildman–Crippen MR) is 60.1 cm³/mol. The Morgan fingerprint density at radius 1 is 1.31 bits per heavy atom. The van der Waals surface area contributed by atoms with E-state index in [1.807, 2.05) is 0 Å². The number of nitrogens with two attached hydrogens (primary N) is 1. The highest BCUT2D eigenvalue weighted by atomic mass is 79.9. The van der Waals surface area contributed by atoms with Crippen LogP contribution >= 0.6 is 15.9 Å². The molecular weight excluding hydrogens is 280 g/mol. The zero-order valence-electron chi connectivity index (χ0n) is 8.56. The fraction of sp³-hybridized carbons (Fsp3) is 0.455. The van der Waals surface area contributed by atoms with Crippen LogP contribution in [0.4, 0.5) is 8.78 Å². The molecule has 0 spiro atoms. The van der Waals surface area contributed by atoms with E-state index < -0.39 is 22.9 Å². The molecule has 0 bridgehead atoms. The first-order valence-corrected chi connectivity index (χ1v) is 5.91. The second-order valence-electron chi connectivity index (χ2n) is 4.24. The van der Waals surface area contributed by atoms with Crippen molar-refractivity contribution in [3.8, 4) is 5.75 Å². The molecule has 1 aromatic rings. The number of hydrogen-bond acceptors (Lipinski definition) is 2. The van der Waals surface area contributed by atoms with Crippen LogP contribution in [0.1, 0.15) is 31.2 Å². The number of benzene rings is 1. The molecule has 1 aliphatic carbocycles. The molecule has 3 N–H and O–H groups in total. The lowest BCUT2D eigenvalue weighted by molar-refractivity contribution is 0.367. The summed E-state index contributed by atoms with van der Waals surface area (Å²) in [5.41, 5.74) is 4.99. The lowest BCUT2D eigenvalue weighted by Gasteiger charge is -2.26. The lowest BCUT2D eigenvalue weighted by atomic mass is 9.88. The number of hydrogen-bond donors (Lipinski definition) is 2. The van der Waals surface area contributed by atoms with Gasteiger partial charge < -0.3 is 10.8 Å². The summed E-state index contributed by atoms with van der Waals surface area (Å²) >= 11 is 2.92. The molecule has 1 aliphatic rings. The Hall–Kier alpha value is -0.680. The number of phenols is 1. The van der Waals surface area contributed by atoms with Crippen molar-refractivity contribution in [2.45, 2.75) is 31.2 Å². The largest absolute Gasteiger partial charge is 0.505 e. The molecule has 88 valence electrons. The molecule has 0 radical (unpaired) electrons. The van der Waals surface area contributed by atoms with Crippen molar-refractivity contribution in [3.05, 3.63) is 27.7 Å². The molecule has 0 atom stereocenters. The number of aromatic hydroxyl groups is 1. The minimum Gasteiger partial charge on any atom is -0.505 e. The summed E-state index contributed by atoms with van der Waals surface area (Å²) in [5.74, 6) is -2.17. The fourth-order valence-corrected chi connectivity index (χ4v) is 2.70. The lowest BCUT2D eigenvalue weighted by Crippen LogP contribution is -2.34. The minimum atomic E-state index is -0.946. The zero-order chi connectivity index (χ0) is 11.9. The van der Waals surface area contributed by atoms with Crippen LogP contribution in [0.2, 0.25) is 0 Å². The second-order valence-corrected chi connectivity index (χ2v) is 5.10. The summed E-state index contributed by atoms with van der Waals surface area (Å²) in [7, 11) is 0. The van der Waals surface area contributed by atoms with Gasteiger partial charge in [0.15, 0.2) is 11.6 Å². The monoisotopic (exact) mass is 291 g/mol. The van der Waals surface area contributed by atoms with Gasteiger partial charge in [0.2, 0.25) is 0 Å². The number of phenolic OH excluding ortho intramolecular Hbond substituents is 1. The average Bonchev–Trinajstić information content (AvgIpc) is 2.63. The highest BCUT2D eigenvalue weighted by molar-refractivity contribution is 9.10. The summed E-state index contributed by atoms with van der Waals surface area (Å²) in [4.78, 5) is 0. The maximum atomic E-state index is 13.9. The summed E-state index contributed by atoms with van der Waals surface area (Å²) in [6.45, 7) is 0. The van der Waals surface area contributed by atoms with Crippen molar-refractivity contribution in [2.24, 2.45) is 5.73 Å². The van der Waals surface area contributed by atoms with Crippen molar-refractivity contribution in [2.75, 3.05) is 0 Å². The SMILES string of the molecule is NC1(c2c(O)c(F)cc(Br)c2F)CCCC1. The van der Waals surface area contributed by atoms with Gasteiger partial charge in [-0.2, -0.15) is 0 Å². The van der Waals surface area contributed by atoms with Crippen LogP contribution in [0.15, 0.2) is 10.5 Å². The van der Waals surface area contributed by atoms with E-state index in [0.29, 0.717) is 12.8 Å². The van der Waals surface area contributed by atoms with Gasteiger partial charge in [-0.05, 0) is 34.8 Å². The van der Waals surface area contributed by atoms with Gasteiger partial charge in [0.05, 0.1) is 10.0 Å². The summed E-state index contributed by atoms with van der Waals surface area (Å²) in [6.07, 6.45) is 2.85. The molecule has 2 rings (SSSR count). The minimum absolute atomic E-state index is 0.00507. The molecule has 0 amide bonds. The molecule has 1 saturated carbocycles. The summed E-state index contributed by atoms with van der Waals surface area (Å²) in [6, 6.07) is 0.909. The molecule has 16 heavy (non-hydrogen) atoms. The third-order valence-corrected chi connectivity index (χ3v) is 3.72. The van der Waals surface area contributed by atoms with Crippen LogP contribution in [0.3, 0.4) is 0 Å². The topological polar surface area (TPSA) is 46.2 Å². The van der Waals surface area contributed by atoms with Crippen molar-refractivity contribution in [1.82, 2.24) is 0 Å². The zero-order valence-corrected chi connectivity index (χ0v) is 10.2. The standard InChI is InChI=1S/C11H12BrF2NO/c12-6-5-7(13)10(16)8(9(6)14)11(15)3-1-2-4-11/h5,16H,1-4,15H2. The Morgan fingerprint density at radius 2 is 1.88 bits per heavy atom. The normalized spacial score (nSPS) is 19.0. The molecule has 5 heteroatoms. The predicted octanol–water partition coefficient (Wildman–Crippen LogP) is 3.16. The van der Waals surface area contributed by atoms with Gasteiger partial charge in [0, 0.05) is 5.54 Å². The van der Waals surface area contributed by atoms with Crippen LogP contribution in [0.25, 0.3) is 0 Å². The Bertz CT molecular complexity index is 404. The van der Waals surface area contributed by atoms with Gasteiger partial charge >= 0.3 is 0 Å². The van der Waals surface area contributed by atoms with E-state index >= 15 is 0 Å². The quantitative estimate of drug-likeness (QED) is 0.781. The van der Waals surface area contributed by atoms with Crippen molar-refractivity contribution in [3.63, 3.8) is 0 Å². The molecule has 0 aromatic heterocycles. The molecule has 1 fully saturated rings. The van der Waals surface area contributed by atoms with Gasteiger partial charge in [0.25, 0.3) is 0 Å². The van der Waals surface area contributed by atoms with Gasteiger partial charge in [-0.1, -0.05) is 12.8 Å². The van der Waals surface area contributed by atoms with E-state index in [0.717, 1.165) is 18.9 Å². The fourth-order valence-electron chi connectivity index (χ4n) is 2.30. The van der Waals surface area contributed by atoms with E-state index in [1.54, 1.807) is 0 Å². The highest BCUT2D eigenvalue weighted by Gasteiger charge is 2.37. The first-order chi connectivity index (χ1) is 7.46. The number of halogens is 3. The molecule has 0 heterocycles. The van der Waals surface area contributed by atoms with Crippen molar-refractivity contribution < 1.29 is 13.9 Å². The van der Waals surface area contributed by atoms with Crippen LogP contribution in [0.5, 0.6) is 5.75 Å². The maximum absolute atomic E-state index is 13.9. The van der Waals surface area contributed by atoms with E-state index in [1.165, 1.54) is 0 Å². The molecule has 0 unspecified atom stereocenters. The maximum Gasteiger partial charge on any atom is 0.166 e. The van der Waals surface area contributed by atoms with Gasteiger partial charge in [-0.25, -0.2) is 8.78 Å². The van der Waals surface area contributed by atoms with Crippen molar-refractivity contribution in [1.29, 1.82) is 0 Å². The smallest absolute Gasteiger partial charge is 0.166 e. The van der Waals surface area contributed by atoms with Gasteiger partial charge in [0.1, 0.15) is 5.82 Å². The Morgan fingerprint density at radius 3 is 2.44 bits per heavy atom. The van der Waals surface area contributed by atoms with Crippen LogP contribution in [-0.2, 0) is 5.54 Å². The van der Waals surface area contributed by atoms with Gasteiger partial charge in [-0.15, -0.1) is 0 Å². The van der Waals surface area contributed by atoms with E-state index in [2.05, 4.69) is 15.9 Å². The molecule has 0 aliphatic heterocycles. The average molecular weight is 292 g/mol. The Kier molecular flexibility index (Phi) is 2.92. The third-order valence-electron chi connectivity index (χ3n) is 3.14. The molecule has 0 saturated heterocycles. The van der Waals surface area contributed by atoms with E-state index in [4.69, 9.17) is 5.73 Å². The Balaban J connectivity index is 2.63. The molecule has 2 nitrogen and oxygen atoms in total. The second kappa shape index (κ2) is 3.96. The Labute approximate surface area is 101 Å². The van der Waals surface area contributed by atoms with E-state index in [-0.39, 0.29) is 10.0 Å². The third kappa shape index (κ3) is 1.72. The molecular formula is C11H12BrF2NO. The highest BCUT2D eigenvalue weighted by Crippen LogP contribution is 2.44. The van der Waals surface area contributed by atoms with Gasteiger partial charge in [-0.3, -0.25) is 0 Å². The van der Waals surface area contributed by atoms with Crippen molar-refractivity contribution >= 4 is 15.9 Å². The first kappa shape index (κ1) is 11.8. The van der Waals surface area contributed by atoms with E-state index in [9.17, 15) is 13.9 Å². The molecule has 1 aromatic carbocycles. The summed E-state index contributed by atoms with van der Waals surface area (Å²) in [5, 5.41) is 9.61. The number of rotatable bonds is 1.